The maximum atomic E-state index is 15.0. The number of hydrogen-bond acceptors (Lipinski definition) is 8. The average Bonchev–Trinajstić information content (AvgIpc) is 3.41. The van der Waals surface area contributed by atoms with E-state index in [-0.39, 0.29) is 29.8 Å². The van der Waals surface area contributed by atoms with E-state index in [9.17, 15) is 4.79 Å². The van der Waals surface area contributed by atoms with E-state index in [2.05, 4.69) is 51.6 Å². The summed E-state index contributed by atoms with van der Waals surface area (Å²) in [5.74, 6) is 0.797. The number of halogens is 1. The van der Waals surface area contributed by atoms with Gasteiger partial charge in [0.2, 0.25) is 11.9 Å². The lowest BCUT2D eigenvalue weighted by Crippen LogP contribution is -2.42. The standard InChI is InChI=1S/C29H38FN7OS/c1-4-26(38)32-19-5-7-20(8-6-19)33-28-27-25(13-16-39-27)35-29(36-28)34-22-9-10-24(23(30)17-22)31-21-11-14-37(15-12-21)18(2)3/h4,9-10,13,16-21,31H,1,5-8,11-12,14-15H2,2-3H3,(H,32,38)(H2,33,34,35,36)/t19-,20+. The van der Waals surface area contributed by atoms with Crippen LogP contribution in [0.3, 0.4) is 0 Å². The molecule has 39 heavy (non-hydrogen) atoms. The minimum Gasteiger partial charge on any atom is -0.380 e. The number of likely N-dealkylation sites (tertiary alicyclic amines) is 1. The van der Waals surface area contributed by atoms with Crippen molar-refractivity contribution < 1.29 is 9.18 Å². The summed E-state index contributed by atoms with van der Waals surface area (Å²) < 4.78 is 16.0. The first-order valence-corrected chi connectivity index (χ1v) is 14.8. The molecule has 3 heterocycles. The third-order valence-electron chi connectivity index (χ3n) is 7.75. The Kier molecular flexibility index (Phi) is 8.62. The van der Waals surface area contributed by atoms with Crippen molar-refractivity contribution in [1.82, 2.24) is 20.2 Å². The molecule has 0 spiro atoms. The Morgan fingerprint density at radius 1 is 1.05 bits per heavy atom. The SMILES string of the molecule is C=CC(=O)N[C@H]1CC[C@@H](Nc2nc(Nc3ccc(NC4CCN(C(C)C)CC4)c(F)c3)nc3ccsc23)CC1. The van der Waals surface area contributed by atoms with Crippen LogP contribution in [0.25, 0.3) is 10.2 Å². The van der Waals surface area contributed by atoms with Crippen LogP contribution in [0.15, 0.2) is 42.3 Å². The zero-order chi connectivity index (χ0) is 27.4. The molecular formula is C29H38FN7OS. The molecule has 1 aliphatic carbocycles. The number of rotatable bonds is 9. The predicted octanol–water partition coefficient (Wildman–Crippen LogP) is 5.88. The summed E-state index contributed by atoms with van der Waals surface area (Å²) in [4.78, 5) is 23.5. The molecule has 8 nitrogen and oxygen atoms in total. The first-order chi connectivity index (χ1) is 18.9. The van der Waals surface area contributed by atoms with Gasteiger partial charge in [-0.1, -0.05) is 6.58 Å². The molecule has 0 unspecified atom stereocenters. The van der Waals surface area contributed by atoms with Crippen LogP contribution in [0.2, 0.25) is 0 Å². The summed E-state index contributed by atoms with van der Waals surface area (Å²) >= 11 is 1.60. The highest BCUT2D eigenvalue weighted by Gasteiger charge is 2.24. The number of anilines is 4. The van der Waals surface area contributed by atoms with Crippen LogP contribution in [-0.2, 0) is 4.79 Å². The van der Waals surface area contributed by atoms with Gasteiger partial charge in [0, 0.05) is 42.9 Å². The van der Waals surface area contributed by atoms with Gasteiger partial charge in [0.05, 0.1) is 15.9 Å². The van der Waals surface area contributed by atoms with Crippen LogP contribution < -0.4 is 21.3 Å². The molecule has 1 amide bonds. The fourth-order valence-electron chi connectivity index (χ4n) is 5.47. The minimum atomic E-state index is -0.290. The number of nitrogens with zero attached hydrogens (tertiary/aromatic N) is 3. The van der Waals surface area contributed by atoms with Crippen LogP contribution >= 0.6 is 11.3 Å². The first kappa shape index (κ1) is 27.3. The van der Waals surface area contributed by atoms with Crippen molar-refractivity contribution in [2.24, 2.45) is 0 Å². The van der Waals surface area contributed by atoms with Gasteiger partial charge < -0.3 is 26.2 Å². The van der Waals surface area contributed by atoms with E-state index < -0.39 is 0 Å². The van der Waals surface area contributed by atoms with Gasteiger partial charge in [-0.3, -0.25) is 4.79 Å². The van der Waals surface area contributed by atoms with E-state index in [0.29, 0.717) is 23.4 Å². The lowest BCUT2D eigenvalue weighted by Gasteiger charge is -2.35. The molecule has 0 bridgehead atoms. The number of amides is 1. The maximum absolute atomic E-state index is 15.0. The van der Waals surface area contributed by atoms with E-state index in [1.807, 2.05) is 17.5 Å². The molecule has 1 saturated heterocycles. The summed E-state index contributed by atoms with van der Waals surface area (Å²) in [6.07, 6.45) is 6.99. The molecule has 10 heteroatoms. The fraction of sp³-hybridized carbons (Fsp3) is 0.483. The van der Waals surface area contributed by atoms with Gasteiger partial charge in [0.15, 0.2) is 0 Å². The number of nitrogens with one attached hydrogen (secondary N) is 4. The van der Waals surface area contributed by atoms with E-state index in [4.69, 9.17) is 4.98 Å². The van der Waals surface area contributed by atoms with Crippen LogP contribution in [0.5, 0.6) is 0 Å². The molecule has 1 aliphatic heterocycles. The predicted molar refractivity (Wildman–Crippen MR) is 158 cm³/mol. The minimum absolute atomic E-state index is 0.120. The number of benzene rings is 1. The van der Waals surface area contributed by atoms with E-state index in [1.165, 1.54) is 12.1 Å². The summed E-state index contributed by atoms with van der Waals surface area (Å²) in [5.41, 5.74) is 1.98. The Hall–Kier alpha value is -3.24. The van der Waals surface area contributed by atoms with Gasteiger partial charge in [-0.05, 0) is 88.1 Å². The Balaban J connectivity index is 1.22. The second-order valence-electron chi connectivity index (χ2n) is 10.8. The maximum Gasteiger partial charge on any atom is 0.243 e. The number of piperidine rings is 1. The number of fused-ring (bicyclic) bond motifs is 1. The van der Waals surface area contributed by atoms with Crippen molar-refractivity contribution in [1.29, 1.82) is 0 Å². The molecule has 2 aromatic heterocycles. The van der Waals surface area contributed by atoms with Gasteiger partial charge in [-0.2, -0.15) is 4.98 Å². The molecule has 4 N–H and O–H groups in total. The van der Waals surface area contributed by atoms with E-state index in [0.717, 1.165) is 67.6 Å². The lowest BCUT2D eigenvalue weighted by molar-refractivity contribution is -0.117. The van der Waals surface area contributed by atoms with Gasteiger partial charge in [-0.25, -0.2) is 9.37 Å². The quantitative estimate of drug-likeness (QED) is 0.247. The van der Waals surface area contributed by atoms with Gasteiger partial charge in [0.1, 0.15) is 11.6 Å². The molecule has 5 rings (SSSR count). The first-order valence-electron chi connectivity index (χ1n) is 13.9. The number of carbonyl (C=O) groups excluding carboxylic acids is 1. The summed E-state index contributed by atoms with van der Waals surface area (Å²) in [7, 11) is 0. The molecule has 0 radical (unpaired) electrons. The summed E-state index contributed by atoms with van der Waals surface area (Å²) in [6, 6.07) is 8.38. The third-order valence-corrected chi connectivity index (χ3v) is 8.66. The van der Waals surface area contributed by atoms with Crippen molar-refractivity contribution in [3.8, 4) is 0 Å². The number of aromatic nitrogens is 2. The number of thiophene rings is 1. The molecule has 2 aliphatic rings. The Bertz CT molecular complexity index is 1300. The van der Waals surface area contributed by atoms with Crippen LogP contribution in [0.4, 0.5) is 27.5 Å². The third kappa shape index (κ3) is 6.86. The van der Waals surface area contributed by atoms with E-state index in [1.54, 1.807) is 17.4 Å². The van der Waals surface area contributed by atoms with Gasteiger partial charge >= 0.3 is 0 Å². The summed E-state index contributed by atoms with van der Waals surface area (Å²) in [6.45, 7) is 10.0. The summed E-state index contributed by atoms with van der Waals surface area (Å²) in [5, 5.41) is 15.2. The van der Waals surface area contributed by atoms with Gasteiger partial charge in [-0.15, -0.1) is 11.3 Å². The highest BCUT2D eigenvalue weighted by Crippen LogP contribution is 2.31. The van der Waals surface area contributed by atoms with Gasteiger partial charge in [0.25, 0.3) is 0 Å². The topological polar surface area (TPSA) is 94.2 Å². The molecule has 3 aromatic rings. The molecule has 1 saturated carbocycles. The monoisotopic (exact) mass is 551 g/mol. The van der Waals surface area contributed by atoms with Crippen molar-refractivity contribution >= 4 is 50.6 Å². The van der Waals surface area contributed by atoms with Crippen LogP contribution in [0, 0.1) is 5.82 Å². The average molecular weight is 552 g/mol. The normalized spacial score (nSPS) is 20.6. The highest BCUT2D eigenvalue weighted by molar-refractivity contribution is 7.17. The number of carbonyl (C=O) groups is 1. The molecule has 1 aromatic carbocycles. The highest BCUT2D eigenvalue weighted by atomic mass is 32.1. The second-order valence-corrected chi connectivity index (χ2v) is 11.7. The molecular weight excluding hydrogens is 513 g/mol. The molecule has 0 atom stereocenters. The second kappa shape index (κ2) is 12.3. The van der Waals surface area contributed by atoms with Crippen molar-refractivity contribution in [2.45, 2.75) is 76.5 Å². The largest absolute Gasteiger partial charge is 0.380 e. The molecule has 208 valence electrons. The Labute approximate surface area is 233 Å². The van der Waals surface area contributed by atoms with Crippen molar-refractivity contribution in [3.05, 3.63) is 48.1 Å². The zero-order valence-electron chi connectivity index (χ0n) is 22.7. The Morgan fingerprint density at radius 2 is 1.77 bits per heavy atom. The van der Waals surface area contributed by atoms with Crippen LogP contribution in [-0.4, -0.2) is 58.0 Å². The lowest BCUT2D eigenvalue weighted by atomic mass is 9.91. The zero-order valence-corrected chi connectivity index (χ0v) is 23.5. The van der Waals surface area contributed by atoms with Crippen molar-refractivity contribution in [2.75, 3.05) is 29.0 Å². The van der Waals surface area contributed by atoms with Crippen LogP contribution in [0.1, 0.15) is 52.4 Å². The molecule has 2 fully saturated rings. The smallest absolute Gasteiger partial charge is 0.243 e. The number of hydrogen-bond donors (Lipinski definition) is 4. The van der Waals surface area contributed by atoms with E-state index >= 15 is 4.39 Å². The fourth-order valence-corrected chi connectivity index (χ4v) is 6.26. The Morgan fingerprint density at radius 3 is 2.46 bits per heavy atom. The van der Waals surface area contributed by atoms with Crippen molar-refractivity contribution in [3.63, 3.8) is 0 Å².